The number of hydrogen-bond acceptors (Lipinski definition) is 17. The smallest absolute Gasteiger partial charge is 1.00 e. The molecule has 6 heterocycles. The van der Waals surface area contributed by atoms with Gasteiger partial charge in [0.25, 0.3) is 38.3 Å². The second kappa shape index (κ2) is 32.3. The summed E-state index contributed by atoms with van der Waals surface area (Å²) in [5.74, 6) is 0.785. The summed E-state index contributed by atoms with van der Waals surface area (Å²) in [5.41, 5.74) is 0.814. The topological polar surface area (TPSA) is 271 Å². The first-order chi connectivity index (χ1) is 40.4. The van der Waals surface area contributed by atoms with Crippen LogP contribution in [-0.2, 0) is 29.7 Å². The number of sulfonamides is 2. The predicted molar refractivity (Wildman–Crippen MR) is 343 cm³/mol. The molecule has 2 aliphatic heterocycles. The van der Waals surface area contributed by atoms with E-state index in [1.807, 2.05) is 9.62 Å². The van der Waals surface area contributed by atoms with Gasteiger partial charge in [0, 0.05) is 54.0 Å². The van der Waals surface area contributed by atoms with Gasteiger partial charge in [-0.15, -0.1) is 10.2 Å². The molecule has 4 aromatic heterocycles. The number of anilines is 1. The van der Waals surface area contributed by atoms with Gasteiger partial charge in [0.2, 0.25) is 11.8 Å². The Hall–Kier alpha value is -3.09. The Bertz CT molecular complexity index is 3730. The van der Waals surface area contributed by atoms with E-state index >= 15 is 0 Å². The quantitative estimate of drug-likeness (QED) is 0.0410. The van der Waals surface area contributed by atoms with E-state index in [0.717, 1.165) is 36.6 Å². The first kappa shape index (κ1) is 82.1. The van der Waals surface area contributed by atoms with E-state index in [4.69, 9.17) is 36.1 Å². The Morgan fingerprint density at radius 3 is 1.43 bits per heavy atom. The largest absolute Gasteiger partial charge is 1.00 e. The fourth-order valence-corrected chi connectivity index (χ4v) is 13.9. The minimum atomic E-state index is -4.31. The molecule has 2 saturated carbocycles. The van der Waals surface area contributed by atoms with Crippen molar-refractivity contribution in [2.45, 2.75) is 131 Å². The molecule has 2 aromatic carbocycles. The van der Waals surface area contributed by atoms with Crippen LogP contribution in [0.3, 0.4) is 0 Å². The van der Waals surface area contributed by atoms with Crippen LogP contribution in [0.5, 0.6) is 11.8 Å². The van der Waals surface area contributed by atoms with Gasteiger partial charge in [0.05, 0.1) is 34.1 Å². The van der Waals surface area contributed by atoms with Crippen molar-refractivity contribution in [1.82, 2.24) is 44.3 Å². The van der Waals surface area contributed by atoms with Crippen molar-refractivity contribution < 1.29 is 164 Å². The zero-order valence-corrected chi connectivity index (χ0v) is 65.1. The van der Waals surface area contributed by atoms with Gasteiger partial charge in [0.1, 0.15) is 22.6 Å². The van der Waals surface area contributed by atoms with E-state index in [9.17, 15) is 35.2 Å². The average Bonchev–Trinajstić information content (AvgIpc) is 1.55. The van der Waals surface area contributed by atoms with Crippen LogP contribution in [-0.4, -0.2) is 102 Å². The number of halogens is 3. The van der Waals surface area contributed by atoms with Gasteiger partial charge in [-0.05, 0) is 141 Å². The predicted octanol–water partition coefficient (Wildman–Crippen LogP) is 3.63. The minimum Gasteiger partial charge on any atom is -1.00 e. The number of hydrogen-bond donors (Lipinski definition) is 3. The molecule has 2 amide bonds. The summed E-state index contributed by atoms with van der Waals surface area (Å²) in [6.45, 7) is 33.7. The Morgan fingerprint density at radius 2 is 1.09 bits per heavy atom. The normalized spacial score (nSPS) is 19.1. The van der Waals surface area contributed by atoms with Gasteiger partial charge in [-0.3, -0.25) is 14.4 Å². The molecule has 0 radical (unpaired) electrons. The van der Waals surface area contributed by atoms with E-state index in [1.54, 1.807) is 41.3 Å². The number of aromatic nitrogens is 6. The van der Waals surface area contributed by atoms with Crippen molar-refractivity contribution in [3.05, 3.63) is 125 Å². The Morgan fingerprint density at radius 1 is 0.670 bits per heavy atom. The summed E-state index contributed by atoms with van der Waals surface area (Å²) in [5, 5.41) is 20.6. The van der Waals surface area contributed by atoms with Crippen LogP contribution in [0, 0.1) is 57.0 Å². The standard InChI is InChI=1S/C30H38FN5O4S.C23H24ClFN4O4S.C7H15N.CH2O3.2K.2H2S.H/c1-19-16-28(2,3)35(17-19)26-22(27(37)34-41(38,39)21-10-8-9-20(31)15-21)11-12-24(32-26)36-14-13-25(33-36)40-18-23-29(4,5)30(23,6)7;1-22(2)17(23(22,3)4)13-33-19-10-11-29(27-19)18-9-8-16(20(24)26-18)21(30)28-34(31,32)15-7-5-6-14(25)12-15;1-6-4-7(2,3)8-5-6;2-1-4-3;;;;;/h8-15,19,23H,16-18H2,1-7H3,(H,34,37);5-12,17H,13H2,1-4H3,(H,28,30);6,8H,4-5H2,1-3H3;1,3H;;;2*1H2;/q;;;;2*+1;;;-1/p-1/t19-;;6-;;;;;;/m0.0....../s1. The van der Waals surface area contributed by atoms with Gasteiger partial charge >= 0.3 is 103 Å². The van der Waals surface area contributed by atoms with E-state index < -0.39 is 43.5 Å². The van der Waals surface area contributed by atoms with Gasteiger partial charge in [-0.25, -0.2) is 54.4 Å². The van der Waals surface area contributed by atoms with Crippen molar-refractivity contribution in [3.8, 4) is 23.4 Å². The number of amides is 2. The zero-order valence-electron chi connectivity index (χ0n) is 55.4. The third kappa shape index (κ3) is 19.8. The summed E-state index contributed by atoms with van der Waals surface area (Å²) in [6, 6.07) is 18.3. The molecule has 4 fully saturated rings. The molecule has 4 aliphatic rings. The fourth-order valence-electron chi connectivity index (χ4n) is 11.7. The van der Waals surface area contributed by atoms with Crippen LogP contribution < -0.4 is 137 Å². The van der Waals surface area contributed by atoms with Gasteiger partial charge in [-0.2, -0.15) is 27.0 Å². The molecule has 2 aliphatic carbocycles. The van der Waals surface area contributed by atoms with E-state index in [2.05, 4.69) is 127 Å². The van der Waals surface area contributed by atoms with Crippen molar-refractivity contribution in [2.75, 3.05) is 31.2 Å². The summed E-state index contributed by atoms with van der Waals surface area (Å²) in [4.78, 5) is 47.4. The number of pyridine rings is 2. The van der Waals surface area contributed by atoms with Crippen LogP contribution in [0.15, 0.2) is 107 Å². The third-order valence-electron chi connectivity index (χ3n) is 18.0. The first-order valence-corrected chi connectivity index (χ1v) is 31.7. The monoisotopic (exact) mass is 1410 g/mol. The molecular formula is C61H83ClF2K2N10O11S4. The molecule has 21 nitrogen and oxygen atoms in total. The molecule has 0 spiro atoms. The molecule has 2 atom stereocenters. The number of carbonyl (C=O) groups excluding carboxylic acids is 3. The summed E-state index contributed by atoms with van der Waals surface area (Å²) < 4.78 is 96.5. The minimum absolute atomic E-state index is 0. The number of ether oxygens (including phenoxy) is 2. The second-order valence-corrected chi connectivity index (χ2v) is 29.9. The van der Waals surface area contributed by atoms with Crippen LogP contribution >= 0.6 is 38.6 Å². The molecule has 6 aromatic rings. The summed E-state index contributed by atoms with van der Waals surface area (Å²) in [6.07, 6.45) is 5.59. The van der Waals surface area contributed by atoms with Gasteiger partial charge < -0.3 is 31.3 Å². The molecule has 490 valence electrons. The van der Waals surface area contributed by atoms with Crippen molar-refractivity contribution in [3.63, 3.8) is 0 Å². The number of benzene rings is 2. The molecule has 30 heteroatoms. The number of carbonyl (C=O) groups is 3. The van der Waals surface area contributed by atoms with Crippen LogP contribution in [0.25, 0.3) is 11.6 Å². The maximum absolute atomic E-state index is 13.7. The van der Waals surface area contributed by atoms with Crippen molar-refractivity contribution in [2.24, 2.45) is 45.3 Å². The van der Waals surface area contributed by atoms with E-state index in [-0.39, 0.29) is 191 Å². The van der Waals surface area contributed by atoms with Crippen molar-refractivity contribution in [1.29, 1.82) is 0 Å². The maximum atomic E-state index is 13.7. The molecule has 2 saturated heterocycles. The number of nitrogens with one attached hydrogen (secondary N) is 3. The van der Waals surface area contributed by atoms with Crippen LogP contribution in [0.2, 0.25) is 5.15 Å². The molecule has 3 N–H and O–H groups in total. The molecule has 0 unspecified atom stereocenters. The average molecular weight is 1410 g/mol. The Kier molecular flexibility index (Phi) is 29.2. The SMILES string of the molecule is CC1(C)C(COc2ccn(-c3ccc(C(=O)NS(=O)(=O)c4cccc(F)c4)c(Cl)n3)n2)C1(C)C.C[C@@H]1CN(c2nc(-n3ccc(OCC4C(C)(C)C4(C)C)n3)ccc2C(=O)NS(=O)(=O)c2cccc(F)c2)C(C)(C)C1.C[C@@H]1CNC(C)(C)C1.O=CO[O-].S.S.[H-].[K+].[K+]. The molecule has 0 bridgehead atoms. The van der Waals surface area contributed by atoms with Gasteiger partial charge in [0.15, 0.2) is 11.6 Å². The van der Waals surface area contributed by atoms with Gasteiger partial charge in [-0.1, -0.05) is 93.0 Å². The van der Waals surface area contributed by atoms with Crippen molar-refractivity contribution >= 4 is 82.7 Å². The molecule has 10 rings (SSSR count). The second-order valence-electron chi connectivity index (χ2n) is 26.1. The van der Waals surface area contributed by atoms with E-state index in [0.29, 0.717) is 72.3 Å². The number of rotatable bonds is 16. The third-order valence-corrected chi connectivity index (χ3v) is 21.0. The number of nitrogens with zero attached hydrogens (tertiary/aromatic N) is 7. The Labute approximate surface area is 638 Å². The summed E-state index contributed by atoms with van der Waals surface area (Å²) >= 11 is 6.16. The molecular weight excluding hydrogens is 1330 g/mol. The Balaban J connectivity index is 0.000000511. The fraction of sp³-hybridized carbons (Fsp3) is 0.492. The zero-order chi connectivity index (χ0) is 64.5. The first-order valence-electron chi connectivity index (χ1n) is 28.3. The van der Waals surface area contributed by atoms with E-state index in [1.165, 1.54) is 54.0 Å². The summed E-state index contributed by atoms with van der Waals surface area (Å²) in [7, 11) is -8.60. The molecule has 91 heavy (non-hydrogen) atoms. The van der Waals surface area contributed by atoms with Crippen LogP contribution in [0.1, 0.15) is 132 Å². The van der Waals surface area contributed by atoms with Crippen LogP contribution in [0.4, 0.5) is 14.6 Å². The maximum Gasteiger partial charge on any atom is 1.00 e.